The first-order valence-electron chi connectivity index (χ1n) is 14.8. The number of ether oxygens (including phenoxy) is 2. The molecule has 0 bridgehead atoms. The van der Waals surface area contributed by atoms with Gasteiger partial charge in [0.15, 0.2) is 0 Å². The van der Waals surface area contributed by atoms with Gasteiger partial charge in [-0.2, -0.15) is 0 Å². The van der Waals surface area contributed by atoms with Gasteiger partial charge in [-0.05, 0) is 64.4 Å². The molecule has 220 valence electrons. The second kappa shape index (κ2) is 14.1. The maximum atomic E-state index is 14.0. The number of aliphatic hydroxyl groups excluding tert-OH is 1. The molecule has 5 atom stereocenters. The molecular weight excluding hydrogens is 510 g/mol. The predicted octanol–water partition coefficient (Wildman–Crippen LogP) is 3.84. The number of hydrogen-bond acceptors (Lipinski definition) is 6. The highest BCUT2D eigenvalue weighted by Crippen LogP contribution is 2.43. The molecule has 9 heteroatoms. The summed E-state index contributed by atoms with van der Waals surface area (Å²) in [5, 5.41) is 15.8. The molecule has 0 spiro atoms. The lowest BCUT2D eigenvalue weighted by Gasteiger charge is -2.32. The van der Waals surface area contributed by atoms with Gasteiger partial charge >= 0.3 is 6.09 Å². The summed E-state index contributed by atoms with van der Waals surface area (Å²) in [5.74, 6) is -0.723. The van der Waals surface area contributed by atoms with Crippen LogP contribution >= 0.6 is 0 Å². The Morgan fingerprint density at radius 3 is 2.50 bits per heavy atom. The summed E-state index contributed by atoms with van der Waals surface area (Å²) in [7, 11) is 0. The Balaban J connectivity index is 1.53. The molecule has 0 unspecified atom stereocenters. The van der Waals surface area contributed by atoms with Gasteiger partial charge in [0.2, 0.25) is 11.8 Å². The summed E-state index contributed by atoms with van der Waals surface area (Å²) in [4.78, 5) is 42.1. The minimum Gasteiger partial charge on any atom is -0.445 e. The number of carbonyl (C=O) groups excluding carboxylic acids is 3. The fraction of sp³-hybridized carbons (Fsp3) is 0.645. The zero-order valence-electron chi connectivity index (χ0n) is 23.8. The minimum atomic E-state index is -0.821. The second-order valence-corrected chi connectivity index (χ2v) is 11.9. The van der Waals surface area contributed by atoms with Crippen LogP contribution in [0.4, 0.5) is 4.79 Å². The van der Waals surface area contributed by atoms with E-state index in [-0.39, 0.29) is 55.2 Å². The van der Waals surface area contributed by atoms with Crippen molar-refractivity contribution >= 4 is 17.9 Å². The molecule has 9 nitrogen and oxygen atoms in total. The quantitative estimate of drug-likeness (QED) is 0.486. The molecule has 0 radical (unpaired) electrons. The van der Waals surface area contributed by atoms with Crippen LogP contribution in [0.5, 0.6) is 0 Å². The molecule has 3 aliphatic heterocycles. The molecule has 2 fully saturated rings. The smallest absolute Gasteiger partial charge is 0.408 e. The average molecular weight is 556 g/mol. The lowest BCUT2D eigenvalue weighted by molar-refractivity contribution is -0.142. The largest absolute Gasteiger partial charge is 0.445 e. The van der Waals surface area contributed by atoms with E-state index in [0.29, 0.717) is 19.3 Å². The highest BCUT2D eigenvalue weighted by atomic mass is 16.5. The number of nitrogens with zero attached hydrogens (tertiary/aromatic N) is 1. The van der Waals surface area contributed by atoms with Gasteiger partial charge in [0, 0.05) is 12.5 Å². The van der Waals surface area contributed by atoms with Gasteiger partial charge in [-0.1, -0.05) is 55.3 Å². The Hall–Kier alpha value is -2.91. The summed E-state index contributed by atoms with van der Waals surface area (Å²) in [6, 6.07) is 7.46. The molecule has 3 aliphatic rings. The van der Waals surface area contributed by atoms with Crippen molar-refractivity contribution in [1.29, 1.82) is 0 Å². The molecule has 3 heterocycles. The highest BCUT2D eigenvalue weighted by molar-refractivity contribution is 5.92. The summed E-state index contributed by atoms with van der Waals surface area (Å²) in [5.41, 5.74) is 0.465. The monoisotopic (exact) mass is 555 g/mol. The lowest BCUT2D eigenvalue weighted by Crippen LogP contribution is -2.56. The maximum absolute atomic E-state index is 14.0. The van der Waals surface area contributed by atoms with Crippen LogP contribution in [0.15, 0.2) is 42.5 Å². The molecule has 40 heavy (non-hydrogen) atoms. The fourth-order valence-electron chi connectivity index (χ4n) is 6.19. The van der Waals surface area contributed by atoms with Crippen LogP contribution in [0.3, 0.4) is 0 Å². The summed E-state index contributed by atoms with van der Waals surface area (Å²) >= 11 is 0. The standard InChI is InChI=1S/C31H45N3O6/c1-31(2)18-24-26(40-31)19-34-27(24)28(36)32-23(20-35)16-12-7-5-3-4-6-8-13-17-25(29(34)37)33-30(38)39-21-22-14-10-9-11-15-22/h3-4,9-11,14-15,23-27,35H,5-8,12-13,16-21H2,1-2H3,(H,32,36)(H,33,38)/t23-,24-,25-,26-,27-/m0/s1. The van der Waals surface area contributed by atoms with Crippen molar-refractivity contribution in [3.63, 3.8) is 0 Å². The summed E-state index contributed by atoms with van der Waals surface area (Å²) in [6.45, 7) is 4.24. The number of rotatable bonds is 4. The second-order valence-electron chi connectivity index (χ2n) is 11.9. The van der Waals surface area contributed by atoms with Gasteiger partial charge in [-0.3, -0.25) is 9.59 Å². The molecule has 1 aromatic rings. The Kier molecular flexibility index (Phi) is 10.6. The zero-order valence-corrected chi connectivity index (χ0v) is 23.8. The Labute approximate surface area is 237 Å². The SMILES string of the molecule is CC1(C)C[C@H]2[C@H](CN3C(=O)[C@@H](NC(=O)OCc4ccccc4)CCCCC=CCCCC[C@@H](CO)NC(=O)[C@H]23)O1. The average Bonchev–Trinajstić information content (AvgIpc) is 3.42. The number of benzene rings is 1. The third-order valence-corrected chi connectivity index (χ3v) is 8.17. The number of nitrogens with one attached hydrogen (secondary N) is 2. The van der Waals surface area contributed by atoms with Crippen molar-refractivity contribution in [2.45, 2.75) is 108 Å². The lowest BCUT2D eigenvalue weighted by atomic mass is 9.89. The molecule has 0 aromatic heterocycles. The summed E-state index contributed by atoms with van der Waals surface area (Å²) < 4.78 is 11.7. The molecular formula is C31H45N3O6. The van der Waals surface area contributed by atoms with Gasteiger partial charge in [0.25, 0.3) is 0 Å². The Morgan fingerprint density at radius 2 is 1.80 bits per heavy atom. The number of allylic oxidation sites excluding steroid dienone is 2. The van der Waals surface area contributed by atoms with Crippen LogP contribution in [0.25, 0.3) is 0 Å². The first-order valence-corrected chi connectivity index (χ1v) is 14.8. The topological polar surface area (TPSA) is 117 Å². The normalized spacial score (nSPS) is 29.7. The van der Waals surface area contributed by atoms with E-state index in [2.05, 4.69) is 22.8 Å². The van der Waals surface area contributed by atoms with Crippen molar-refractivity contribution < 1.29 is 29.0 Å². The molecule has 0 aliphatic carbocycles. The van der Waals surface area contributed by atoms with Crippen LogP contribution in [-0.4, -0.2) is 70.9 Å². The van der Waals surface area contributed by atoms with Gasteiger partial charge < -0.3 is 30.1 Å². The third-order valence-electron chi connectivity index (χ3n) is 8.17. The zero-order chi connectivity index (χ0) is 28.5. The number of aliphatic hydroxyl groups is 1. The molecule has 3 N–H and O–H groups in total. The van der Waals surface area contributed by atoms with Crippen molar-refractivity contribution in [3.8, 4) is 0 Å². The van der Waals surface area contributed by atoms with Crippen molar-refractivity contribution in [2.24, 2.45) is 5.92 Å². The van der Waals surface area contributed by atoms with Gasteiger partial charge in [-0.15, -0.1) is 0 Å². The molecule has 2 saturated heterocycles. The van der Waals surface area contributed by atoms with E-state index in [4.69, 9.17) is 9.47 Å². The summed E-state index contributed by atoms with van der Waals surface area (Å²) in [6.07, 6.45) is 10.5. The molecule has 4 rings (SSSR count). The van der Waals surface area contributed by atoms with E-state index in [9.17, 15) is 19.5 Å². The molecule has 3 amide bonds. The molecule has 0 saturated carbocycles. The number of fused-ring (bicyclic) bond motifs is 3. The first-order chi connectivity index (χ1) is 19.3. The van der Waals surface area contributed by atoms with Crippen LogP contribution in [0.2, 0.25) is 0 Å². The van der Waals surface area contributed by atoms with Crippen LogP contribution in [0.1, 0.15) is 77.2 Å². The maximum Gasteiger partial charge on any atom is 0.408 e. The number of hydrogen-bond donors (Lipinski definition) is 3. The van der Waals surface area contributed by atoms with Crippen molar-refractivity contribution in [1.82, 2.24) is 15.5 Å². The van der Waals surface area contributed by atoms with Gasteiger partial charge in [0.05, 0.1) is 24.4 Å². The van der Waals surface area contributed by atoms with Gasteiger partial charge in [0.1, 0.15) is 18.7 Å². The third kappa shape index (κ3) is 8.07. The van der Waals surface area contributed by atoms with Gasteiger partial charge in [-0.25, -0.2) is 4.79 Å². The van der Waals surface area contributed by atoms with E-state index in [1.165, 1.54) is 0 Å². The van der Waals surface area contributed by atoms with Crippen LogP contribution < -0.4 is 10.6 Å². The van der Waals surface area contributed by atoms with E-state index >= 15 is 0 Å². The molecule has 1 aromatic carbocycles. The predicted molar refractivity (Wildman–Crippen MR) is 151 cm³/mol. The van der Waals surface area contributed by atoms with Crippen LogP contribution in [0, 0.1) is 5.92 Å². The Bertz CT molecular complexity index is 1030. The van der Waals surface area contributed by atoms with E-state index in [0.717, 1.165) is 44.1 Å². The number of alkyl carbamates (subject to hydrolysis) is 1. The van der Waals surface area contributed by atoms with E-state index in [1.54, 1.807) is 4.90 Å². The van der Waals surface area contributed by atoms with E-state index in [1.807, 2.05) is 44.2 Å². The first kappa shape index (κ1) is 30.1. The van der Waals surface area contributed by atoms with E-state index < -0.39 is 18.2 Å². The number of amides is 3. The van der Waals surface area contributed by atoms with Crippen LogP contribution in [-0.2, 0) is 25.7 Å². The minimum absolute atomic E-state index is 0.0999. The van der Waals surface area contributed by atoms with Crippen molar-refractivity contribution in [2.75, 3.05) is 13.2 Å². The number of carbonyl (C=O) groups is 3. The fourth-order valence-corrected chi connectivity index (χ4v) is 6.19. The van der Waals surface area contributed by atoms with Crippen molar-refractivity contribution in [3.05, 3.63) is 48.0 Å². The highest BCUT2D eigenvalue weighted by Gasteiger charge is 2.55. The Morgan fingerprint density at radius 1 is 1.10 bits per heavy atom.